The molecule has 5 nitrogen and oxygen atoms in total. The highest BCUT2D eigenvalue weighted by Gasteiger charge is 2.22. The van der Waals surface area contributed by atoms with Gasteiger partial charge in [-0.2, -0.15) is 0 Å². The number of allylic oxidation sites excluding steroid dienone is 4. The lowest BCUT2D eigenvalue weighted by molar-refractivity contribution is 0.666. The fraction of sp³-hybridized carbons (Fsp3) is 0.0385. The van der Waals surface area contributed by atoms with Gasteiger partial charge in [-0.15, -0.1) is 0 Å². The van der Waals surface area contributed by atoms with Crippen molar-refractivity contribution in [2.75, 3.05) is 0 Å². The van der Waals surface area contributed by atoms with Crippen molar-refractivity contribution in [3.05, 3.63) is 188 Å². The first-order chi connectivity index (χ1) is 28.3. The van der Waals surface area contributed by atoms with Crippen molar-refractivity contribution in [1.29, 1.82) is 0 Å². The van der Waals surface area contributed by atoms with Crippen LogP contribution < -0.4 is 0 Å². The second kappa shape index (κ2) is 12.5. The van der Waals surface area contributed by atoms with E-state index in [1.807, 2.05) is 36.4 Å². The Morgan fingerprint density at radius 3 is 2.00 bits per heavy atom. The van der Waals surface area contributed by atoms with Crippen molar-refractivity contribution in [3.8, 4) is 34.0 Å². The normalized spacial score (nSPS) is 13.2. The van der Waals surface area contributed by atoms with Gasteiger partial charge in [0, 0.05) is 38.2 Å². The van der Waals surface area contributed by atoms with E-state index in [4.69, 9.17) is 14.4 Å². The van der Waals surface area contributed by atoms with Gasteiger partial charge >= 0.3 is 0 Å². The zero-order valence-corrected chi connectivity index (χ0v) is 30.9. The molecule has 0 saturated carbocycles. The van der Waals surface area contributed by atoms with E-state index in [2.05, 4.69) is 155 Å². The third-order valence-corrected chi connectivity index (χ3v) is 11.6. The minimum Gasteiger partial charge on any atom is -0.452 e. The van der Waals surface area contributed by atoms with Gasteiger partial charge < -0.3 is 8.98 Å². The zero-order chi connectivity index (χ0) is 37.5. The summed E-state index contributed by atoms with van der Waals surface area (Å²) in [6.07, 6.45) is 8.82. The smallest absolute Gasteiger partial charge is 0.236 e. The van der Waals surface area contributed by atoms with E-state index in [-0.39, 0.29) is 0 Å². The van der Waals surface area contributed by atoms with Gasteiger partial charge in [0.15, 0.2) is 5.58 Å². The molecular formula is C52H34N4O. The van der Waals surface area contributed by atoms with Crippen LogP contribution in [0, 0.1) is 0 Å². The molecule has 0 amide bonds. The molecule has 7 aromatic carbocycles. The van der Waals surface area contributed by atoms with E-state index < -0.39 is 0 Å². The maximum absolute atomic E-state index is 6.45. The molecule has 1 aliphatic rings. The van der Waals surface area contributed by atoms with Crippen molar-refractivity contribution in [2.45, 2.75) is 12.8 Å². The molecule has 0 saturated heterocycles. The summed E-state index contributed by atoms with van der Waals surface area (Å²) in [6, 6.07) is 58.4. The van der Waals surface area contributed by atoms with Crippen LogP contribution in [0.1, 0.15) is 18.4 Å². The summed E-state index contributed by atoms with van der Waals surface area (Å²) >= 11 is 0. The topological polar surface area (TPSA) is 48.8 Å². The third-order valence-electron chi connectivity index (χ3n) is 11.6. The number of hydrogen-bond donors (Lipinski definition) is 0. The molecule has 0 aliphatic heterocycles. The average Bonchev–Trinajstić information content (AvgIpc) is 3.94. The Morgan fingerprint density at radius 1 is 0.474 bits per heavy atom. The molecule has 0 bridgehead atoms. The standard InChI is InChI=1S/C52H34N4O/c1-3-14-33(15-4-1)35-18-13-19-38(30-35)55-44-23-10-8-21-40(44)43-31-36(27-29-46(43)55)37-26-28-41-39-20-7-11-24-45(39)56(47(41)32-37)52-53-49(34-16-5-2-6-17-34)51-50(54-52)42-22-9-12-25-48(42)57-51/h1-3,5-14,16-32H,4,15H2. The van der Waals surface area contributed by atoms with Gasteiger partial charge in [0.25, 0.3) is 0 Å². The summed E-state index contributed by atoms with van der Waals surface area (Å²) in [6.45, 7) is 0. The first-order valence-electron chi connectivity index (χ1n) is 19.6. The van der Waals surface area contributed by atoms with Gasteiger partial charge in [-0.05, 0) is 89.7 Å². The van der Waals surface area contributed by atoms with Gasteiger partial charge in [-0.1, -0.05) is 127 Å². The number of aromatic nitrogens is 4. The van der Waals surface area contributed by atoms with Crippen LogP contribution in [-0.2, 0) is 0 Å². The minimum absolute atomic E-state index is 0.608. The second-order valence-corrected chi connectivity index (χ2v) is 14.9. The molecule has 0 atom stereocenters. The van der Waals surface area contributed by atoms with Gasteiger partial charge in [0.05, 0.1) is 22.1 Å². The van der Waals surface area contributed by atoms with Crippen LogP contribution in [0.2, 0.25) is 0 Å². The lowest BCUT2D eigenvalue weighted by Gasteiger charge is -2.13. The highest BCUT2D eigenvalue weighted by molar-refractivity contribution is 6.13. The molecule has 0 N–H and O–H groups in total. The largest absolute Gasteiger partial charge is 0.452 e. The van der Waals surface area contributed by atoms with Crippen molar-refractivity contribution < 1.29 is 4.42 Å². The van der Waals surface area contributed by atoms with Crippen LogP contribution >= 0.6 is 0 Å². The van der Waals surface area contributed by atoms with Gasteiger partial charge in [-0.25, -0.2) is 9.97 Å². The second-order valence-electron chi connectivity index (χ2n) is 14.9. The van der Waals surface area contributed by atoms with E-state index in [0.717, 1.165) is 73.5 Å². The molecule has 0 unspecified atom stereocenters. The molecule has 0 fully saturated rings. The van der Waals surface area contributed by atoms with Crippen molar-refractivity contribution in [1.82, 2.24) is 19.1 Å². The maximum Gasteiger partial charge on any atom is 0.236 e. The molecule has 4 heterocycles. The highest BCUT2D eigenvalue weighted by Crippen LogP contribution is 2.40. The molecule has 1 aliphatic carbocycles. The first-order valence-corrected chi connectivity index (χ1v) is 19.6. The molecule has 0 spiro atoms. The minimum atomic E-state index is 0.608. The molecule has 0 radical (unpaired) electrons. The Labute approximate surface area is 328 Å². The molecule has 11 aromatic rings. The van der Waals surface area contributed by atoms with Gasteiger partial charge in [0.2, 0.25) is 5.95 Å². The van der Waals surface area contributed by atoms with E-state index in [1.165, 1.54) is 38.6 Å². The lowest BCUT2D eigenvalue weighted by atomic mass is 9.97. The maximum atomic E-state index is 6.45. The van der Waals surface area contributed by atoms with E-state index >= 15 is 0 Å². The van der Waals surface area contributed by atoms with Crippen LogP contribution in [0.15, 0.2) is 186 Å². The number of rotatable bonds is 5. The first kappa shape index (κ1) is 31.8. The molecule has 12 rings (SSSR count). The summed E-state index contributed by atoms with van der Waals surface area (Å²) in [7, 11) is 0. The van der Waals surface area contributed by atoms with Crippen LogP contribution in [-0.4, -0.2) is 19.1 Å². The fourth-order valence-corrected chi connectivity index (χ4v) is 8.95. The number of nitrogens with zero attached hydrogens (tertiary/aromatic N) is 4. The average molecular weight is 731 g/mol. The number of benzene rings is 7. The lowest BCUT2D eigenvalue weighted by Crippen LogP contribution is -2.03. The third kappa shape index (κ3) is 4.95. The molecule has 268 valence electrons. The Kier molecular flexibility index (Phi) is 6.99. The Morgan fingerprint density at radius 2 is 1.16 bits per heavy atom. The number of fused-ring (bicyclic) bond motifs is 9. The van der Waals surface area contributed by atoms with E-state index in [1.54, 1.807) is 0 Å². The van der Waals surface area contributed by atoms with Crippen molar-refractivity contribution >= 4 is 71.3 Å². The summed E-state index contributed by atoms with van der Waals surface area (Å²) in [5.74, 6) is 0.608. The molecule has 5 heteroatoms. The molecule has 4 aromatic heterocycles. The van der Waals surface area contributed by atoms with Crippen molar-refractivity contribution in [2.24, 2.45) is 0 Å². The number of hydrogen-bond acceptors (Lipinski definition) is 3. The quantitative estimate of drug-likeness (QED) is 0.177. The Balaban J connectivity index is 1.06. The molecular weight excluding hydrogens is 697 g/mol. The highest BCUT2D eigenvalue weighted by atomic mass is 16.3. The number of para-hydroxylation sites is 3. The van der Waals surface area contributed by atoms with Crippen LogP contribution in [0.4, 0.5) is 0 Å². The van der Waals surface area contributed by atoms with Crippen LogP contribution in [0.5, 0.6) is 0 Å². The predicted molar refractivity (Wildman–Crippen MR) is 235 cm³/mol. The summed E-state index contributed by atoms with van der Waals surface area (Å²) in [5.41, 5.74) is 14.6. The Bertz CT molecular complexity index is 3470. The zero-order valence-electron chi connectivity index (χ0n) is 30.9. The monoisotopic (exact) mass is 730 g/mol. The summed E-state index contributed by atoms with van der Waals surface area (Å²) < 4.78 is 11.1. The van der Waals surface area contributed by atoms with Gasteiger partial charge in [0.1, 0.15) is 16.8 Å². The predicted octanol–water partition coefficient (Wildman–Crippen LogP) is 13.6. The fourth-order valence-electron chi connectivity index (χ4n) is 8.95. The van der Waals surface area contributed by atoms with E-state index in [0.29, 0.717) is 11.5 Å². The van der Waals surface area contributed by atoms with Crippen LogP contribution in [0.3, 0.4) is 0 Å². The molecule has 57 heavy (non-hydrogen) atoms. The van der Waals surface area contributed by atoms with Gasteiger partial charge in [-0.3, -0.25) is 4.57 Å². The SMILES string of the molecule is C1=CCCC(c2cccc(-n3c4ccccc4c4cc(-c5ccc6c7ccccc7n(-c7nc(-c8ccccc8)c8oc9ccccc9c8n7)c6c5)ccc43)c2)=C1. The number of furan rings is 1. The van der Waals surface area contributed by atoms with Crippen molar-refractivity contribution in [3.63, 3.8) is 0 Å². The van der Waals surface area contributed by atoms with E-state index in [9.17, 15) is 0 Å². The summed E-state index contributed by atoms with van der Waals surface area (Å²) in [4.78, 5) is 10.6. The van der Waals surface area contributed by atoms with Crippen LogP contribution in [0.25, 0.3) is 105 Å². The summed E-state index contributed by atoms with van der Waals surface area (Å²) in [5, 5.41) is 5.73. The Hall–Kier alpha value is -7.50.